The number of hydrogen-bond acceptors (Lipinski definition) is 3. The van der Waals surface area contributed by atoms with Gasteiger partial charge in [0.2, 0.25) is 5.91 Å². The number of amides is 2. The predicted octanol–water partition coefficient (Wildman–Crippen LogP) is 3.39. The van der Waals surface area contributed by atoms with E-state index >= 15 is 0 Å². The summed E-state index contributed by atoms with van der Waals surface area (Å²) in [7, 11) is 1.72. The van der Waals surface area contributed by atoms with Crippen LogP contribution < -0.4 is 10.1 Å². The fourth-order valence-electron chi connectivity index (χ4n) is 2.42. The van der Waals surface area contributed by atoms with Gasteiger partial charge in [-0.25, -0.2) is 0 Å². The minimum Gasteiger partial charge on any atom is -0.493 e. The fourth-order valence-corrected chi connectivity index (χ4v) is 2.60. The number of nitrogens with one attached hydrogen (secondary N) is 1. The van der Waals surface area contributed by atoms with Gasteiger partial charge in [-0.3, -0.25) is 9.59 Å². The Balaban J connectivity index is 1.73. The van der Waals surface area contributed by atoms with E-state index in [1.807, 2.05) is 18.2 Å². The SMILES string of the molecule is CC(NC(=O)c1ccccc1)C(=O)N(C)CCCOc1cccc(Cl)c1. The molecule has 5 nitrogen and oxygen atoms in total. The molecule has 0 fully saturated rings. The zero-order chi connectivity index (χ0) is 18.9. The van der Waals surface area contributed by atoms with Gasteiger partial charge in [0.1, 0.15) is 11.8 Å². The van der Waals surface area contributed by atoms with Crippen LogP contribution in [-0.4, -0.2) is 43.0 Å². The van der Waals surface area contributed by atoms with E-state index in [2.05, 4.69) is 5.32 Å². The minimum absolute atomic E-state index is 0.142. The van der Waals surface area contributed by atoms with Crippen LogP contribution in [0.5, 0.6) is 5.75 Å². The summed E-state index contributed by atoms with van der Waals surface area (Å²) in [6.45, 7) is 2.69. The molecule has 138 valence electrons. The molecule has 0 aliphatic heterocycles. The molecule has 6 heteroatoms. The number of benzene rings is 2. The molecule has 0 aromatic heterocycles. The van der Waals surface area contributed by atoms with Gasteiger partial charge in [0.15, 0.2) is 0 Å². The van der Waals surface area contributed by atoms with Crippen molar-refractivity contribution in [1.29, 1.82) is 0 Å². The zero-order valence-electron chi connectivity index (χ0n) is 14.9. The Morgan fingerprint density at radius 3 is 2.58 bits per heavy atom. The van der Waals surface area contributed by atoms with Gasteiger partial charge in [0.25, 0.3) is 5.91 Å². The molecule has 2 aromatic rings. The van der Waals surface area contributed by atoms with E-state index in [4.69, 9.17) is 16.3 Å². The summed E-state index contributed by atoms with van der Waals surface area (Å²) >= 11 is 5.90. The third kappa shape index (κ3) is 6.08. The number of carbonyl (C=O) groups is 2. The van der Waals surface area contributed by atoms with E-state index in [1.54, 1.807) is 55.3 Å². The van der Waals surface area contributed by atoms with Crippen molar-refractivity contribution in [1.82, 2.24) is 10.2 Å². The number of ether oxygens (including phenoxy) is 1. The van der Waals surface area contributed by atoms with Crippen LogP contribution in [0.1, 0.15) is 23.7 Å². The van der Waals surface area contributed by atoms with Crippen molar-refractivity contribution in [2.24, 2.45) is 0 Å². The van der Waals surface area contributed by atoms with Crippen molar-refractivity contribution in [3.8, 4) is 5.75 Å². The first-order chi connectivity index (χ1) is 12.5. The van der Waals surface area contributed by atoms with E-state index < -0.39 is 6.04 Å². The molecule has 1 N–H and O–H groups in total. The van der Waals surface area contributed by atoms with Gasteiger partial charge >= 0.3 is 0 Å². The number of likely N-dealkylation sites (N-methyl/N-ethyl adjacent to an activating group) is 1. The average molecular weight is 375 g/mol. The lowest BCUT2D eigenvalue weighted by Crippen LogP contribution is -2.45. The summed E-state index contributed by atoms with van der Waals surface area (Å²) in [6.07, 6.45) is 0.675. The molecular weight excluding hydrogens is 352 g/mol. The first-order valence-corrected chi connectivity index (χ1v) is 8.84. The van der Waals surface area contributed by atoms with Crippen molar-refractivity contribution in [2.75, 3.05) is 20.2 Å². The third-order valence-corrected chi connectivity index (χ3v) is 4.07. The van der Waals surface area contributed by atoms with Crippen molar-refractivity contribution in [2.45, 2.75) is 19.4 Å². The Morgan fingerprint density at radius 2 is 1.88 bits per heavy atom. The van der Waals surface area contributed by atoms with E-state index in [0.29, 0.717) is 35.9 Å². The lowest BCUT2D eigenvalue weighted by atomic mass is 10.2. The summed E-state index contributed by atoms with van der Waals surface area (Å²) < 4.78 is 5.61. The van der Waals surface area contributed by atoms with Crippen molar-refractivity contribution in [3.63, 3.8) is 0 Å². The molecule has 0 aliphatic carbocycles. The molecule has 1 atom stereocenters. The van der Waals surface area contributed by atoms with E-state index in [9.17, 15) is 9.59 Å². The Morgan fingerprint density at radius 1 is 1.15 bits per heavy atom. The molecule has 26 heavy (non-hydrogen) atoms. The van der Waals surface area contributed by atoms with Crippen molar-refractivity contribution in [3.05, 3.63) is 65.2 Å². The van der Waals surface area contributed by atoms with Gasteiger partial charge in [0.05, 0.1) is 6.61 Å². The van der Waals surface area contributed by atoms with Crippen molar-refractivity contribution < 1.29 is 14.3 Å². The Hall–Kier alpha value is -2.53. The highest BCUT2D eigenvalue weighted by molar-refractivity contribution is 6.30. The molecule has 0 bridgehead atoms. The number of nitrogens with zero attached hydrogens (tertiary/aromatic N) is 1. The second kappa shape index (κ2) is 9.82. The maximum Gasteiger partial charge on any atom is 0.251 e. The highest BCUT2D eigenvalue weighted by Gasteiger charge is 2.19. The van der Waals surface area contributed by atoms with Gasteiger partial charge in [-0.05, 0) is 43.7 Å². The molecular formula is C20H23ClN2O3. The Labute approximate surface area is 158 Å². The molecule has 2 amide bonds. The van der Waals surface area contributed by atoms with E-state index in [0.717, 1.165) is 0 Å². The van der Waals surface area contributed by atoms with Gasteiger partial charge in [-0.15, -0.1) is 0 Å². The number of rotatable bonds is 8. The summed E-state index contributed by atoms with van der Waals surface area (Å²) in [5, 5.41) is 3.35. The standard InChI is InChI=1S/C20H23ClN2O3/c1-15(22-19(24)16-8-4-3-5-9-16)20(25)23(2)12-7-13-26-18-11-6-10-17(21)14-18/h3-6,8-11,14-15H,7,12-13H2,1-2H3,(H,22,24). The first kappa shape index (κ1) is 19.8. The van der Waals surface area contributed by atoms with Gasteiger partial charge in [-0.2, -0.15) is 0 Å². The number of hydrogen-bond donors (Lipinski definition) is 1. The van der Waals surface area contributed by atoms with Gasteiger partial charge < -0.3 is 15.0 Å². The summed E-state index contributed by atoms with van der Waals surface area (Å²) in [5.74, 6) is 0.302. The fraction of sp³-hybridized carbons (Fsp3) is 0.300. The summed E-state index contributed by atoms with van der Waals surface area (Å²) in [5.41, 5.74) is 0.532. The molecule has 0 saturated carbocycles. The zero-order valence-corrected chi connectivity index (χ0v) is 15.7. The van der Waals surface area contributed by atoms with Crippen LogP contribution in [0, 0.1) is 0 Å². The second-order valence-corrected chi connectivity index (χ2v) is 6.42. The molecule has 1 unspecified atom stereocenters. The molecule has 0 saturated heterocycles. The summed E-state index contributed by atoms with van der Waals surface area (Å²) in [6, 6.07) is 15.4. The topological polar surface area (TPSA) is 58.6 Å². The monoisotopic (exact) mass is 374 g/mol. The largest absolute Gasteiger partial charge is 0.493 e. The highest BCUT2D eigenvalue weighted by Crippen LogP contribution is 2.17. The first-order valence-electron chi connectivity index (χ1n) is 8.46. The van der Waals surface area contributed by atoms with Crippen LogP contribution in [0.25, 0.3) is 0 Å². The van der Waals surface area contributed by atoms with Crippen LogP contribution >= 0.6 is 11.6 Å². The summed E-state index contributed by atoms with van der Waals surface area (Å²) in [4.78, 5) is 26.1. The smallest absolute Gasteiger partial charge is 0.251 e. The van der Waals surface area contributed by atoms with Crippen LogP contribution in [-0.2, 0) is 4.79 Å². The molecule has 0 spiro atoms. The Kier molecular flexibility index (Phi) is 7.48. The van der Waals surface area contributed by atoms with Gasteiger partial charge in [0, 0.05) is 24.2 Å². The van der Waals surface area contributed by atoms with Crippen LogP contribution in [0.15, 0.2) is 54.6 Å². The predicted molar refractivity (Wildman–Crippen MR) is 103 cm³/mol. The highest BCUT2D eigenvalue weighted by atomic mass is 35.5. The maximum atomic E-state index is 12.4. The van der Waals surface area contributed by atoms with E-state index in [-0.39, 0.29) is 11.8 Å². The normalized spacial score (nSPS) is 11.5. The number of carbonyl (C=O) groups excluding carboxylic acids is 2. The molecule has 2 aromatic carbocycles. The third-order valence-electron chi connectivity index (χ3n) is 3.83. The lowest BCUT2D eigenvalue weighted by Gasteiger charge is -2.22. The quantitative estimate of drug-likeness (QED) is 0.720. The van der Waals surface area contributed by atoms with Crippen LogP contribution in [0.3, 0.4) is 0 Å². The Bertz CT molecular complexity index is 737. The molecule has 0 heterocycles. The molecule has 0 aliphatic rings. The van der Waals surface area contributed by atoms with Gasteiger partial charge in [-0.1, -0.05) is 35.9 Å². The van der Waals surface area contributed by atoms with Crippen LogP contribution in [0.4, 0.5) is 0 Å². The van der Waals surface area contributed by atoms with E-state index in [1.165, 1.54) is 0 Å². The molecule has 2 rings (SSSR count). The van der Waals surface area contributed by atoms with Crippen molar-refractivity contribution >= 4 is 23.4 Å². The number of halogens is 1. The lowest BCUT2D eigenvalue weighted by molar-refractivity contribution is -0.131. The van der Waals surface area contributed by atoms with Crippen LogP contribution in [0.2, 0.25) is 5.02 Å². The average Bonchev–Trinajstić information content (AvgIpc) is 2.65. The second-order valence-electron chi connectivity index (χ2n) is 5.98. The maximum absolute atomic E-state index is 12.4. The minimum atomic E-state index is -0.596. The molecule has 0 radical (unpaired) electrons.